The Labute approximate surface area is 98.3 Å². The SMILES string of the molecule is Cc1cnc(N)c(C(NN)c2cccs2)c1. The first-order valence-electron chi connectivity index (χ1n) is 4.94. The molecule has 5 N–H and O–H groups in total. The zero-order valence-corrected chi connectivity index (χ0v) is 9.79. The summed E-state index contributed by atoms with van der Waals surface area (Å²) < 4.78 is 0. The van der Waals surface area contributed by atoms with Crippen LogP contribution in [0.25, 0.3) is 0 Å². The van der Waals surface area contributed by atoms with Gasteiger partial charge in [-0.05, 0) is 30.0 Å². The quantitative estimate of drug-likeness (QED) is 0.556. The summed E-state index contributed by atoms with van der Waals surface area (Å²) >= 11 is 1.64. The van der Waals surface area contributed by atoms with Gasteiger partial charge in [0.15, 0.2) is 0 Å². The van der Waals surface area contributed by atoms with Crippen LogP contribution in [0.2, 0.25) is 0 Å². The Morgan fingerprint density at radius 3 is 2.94 bits per heavy atom. The Morgan fingerprint density at radius 1 is 1.50 bits per heavy atom. The van der Waals surface area contributed by atoms with Crippen LogP contribution in [-0.4, -0.2) is 4.98 Å². The predicted octanol–water partition coefficient (Wildman–Crippen LogP) is 1.59. The number of hydrazine groups is 1. The lowest BCUT2D eigenvalue weighted by molar-refractivity contribution is 0.646. The molecule has 0 saturated carbocycles. The lowest BCUT2D eigenvalue weighted by Gasteiger charge is -2.16. The molecule has 0 radical (unpaired) electrons. The number of nitrogens with one attached hydrogen (secondary N) is 1. The van der Waals surface area contributed by atoms with Crippen molar-refractivity contribution < 1.29 is 0 Å². The first-order chi connectivity index (χ1) is 7.72. The highest BCUT2D eigenvalue weighted by molar-refractivity contribution is 7.10. The van der Waals surface area contributed by atoms with Crippen LogP contribution in [0.1, 0.15) is 22.0 Å². The average Bonchev–Trinajstić information content (AvgIpc) is 2.78. The van der Waals surface area contributed by atoms with Gasteiger partial charge in [0.05, 0.1) is 6.04 Å². The number of hydrogen-bond acceptors (Lipinski definition) is 5. The van der Waals surface area contributed by atoms with Crippen LogP contribution in [0.3, 0.4) is 0 Å². The van der Waals surface area contributed by atoms with Crippen LogP contribution < -0.4 is 17.0 Å². The van der Waals surface area contributed by atoms with E-state index < -0.39 is 0 Å². The maximum atomic E-state index is 5.87. The smallest absolute Gasteiger partial charge is 0.128 e. The van der Waals surface area contributed by atoms with Crippen LogP contribution in [0.5, 0.6) is 0 Å². The van der Waals surface area contributed by atoms with E-state index in [4.69, 9.17) is 11.6 Å². The van der Waals surface area contributed by atoms with Gasteiger partial charge in [0, 0.05) is 16.6 Å². The van der Waals surface area contributed by atoms with Crippen molar-refractivity contribution in [3.8, 4) is 0 Å². The second kappa shape index (κ2) is 4.61. The van der Waals surface area contributed by atoms with Crippen LogP contribution >= 0.6 is 11.3 Å². The van der Waals surface area contributed by atoms with Gasteiger partial charge in [-0.1, -0.05) is 6.07 Å². The summed E-state index contributed by atoms with van der Waals surface area (Å²) in [5, 5.41) is 2.01. The van der Waals surface area contributed by atoms with E-state index in [0.717, 1.165) is 16.0 Å². The second-order valence-corrected chi connectivity index (χ2v) is 4.58. The molecule has 1 atom stereocenters. The van der Waals surface area contributed by atoms with Crippen LogP contribution in [0, 0.1) is 6.92 Å². The van der Waals surface area contributed by atoms with E-state index in [1.165, 1.54) is 0 Å². The zero-order valence-electron chi connectivity index (χ0n) is 8.97. The first-order valence-corrected chi connectivity index (χ1v) is 5.82. The summed E-state index contributed by atoms with van der Waals surface area (Å²) in [7, 11) is 0. The monoisotopic (exact) mass is 234 g/mol. The number of thiophene rings is 1. The predicted molar refractivity (Wildman–Crippen MR) is 66.9 cm³/mol. The molecule has 0 amide bonds. The lowest BCUT2D eigenvalue weighted by atomic mass is 10.1. The fourth-order valence-electron chi connectivity index (χ4n) is 1.61. The maximum Gasteiger partial charge on any atom is 0.128 e. The van der Waals surface area contributed by atoms with Crippen molar-refractivity contribution in [2.75, 3.05) is 5.73 Å². The van der Waals surface area contributed by atoms with Crippen molar-refractivity contribution in [1.82, 2.24) is 10.4 Å². The van der Waals surface area contributed by atoms with Gasteiger partial charge in [-0.3, -0.25) is 5.84 Å². The fourth-order valence-corrected chi connectivity index (χ4v) is 2.42. The molecule has 0 aliphatic heterocycles. The topological polar surface area (TPSA) is 77.0 Å². The highest BCUT2D eigenvalue weighted by atomic mass is 32.1. The minimum Gasteiger partial charge on any atom is -0.383 e. The van der Waals surface area contributed by atoms with Crippen LogP contribution in [0.15, 0.2) is 29.8 Å². The minimum absolute atomic E-state index is 0.0904. The molecule has 2 heterocycles. The van der Waals surface area contributed by atoms with Crippen molar-refractivity contribution in [1.29, 1.82) is 0 Å². The van der Waals surface area contributed by atoms with Gasteiger partial charge in [-0.25, -0.2) is 10.4 Å². The Morgan fingerprint density at radius 2 is 2.31 bits per heavy atom. The lowest BCUT2D eigenvalue weighted by Crippen LogP contribution is -2.29. The third-order valence-corrected chi connectivity index (χ3v) is 3.33. The van der Waals surface area contributed by atoms with Gasteiger partial charge in [-0.2, -0.15) is 0 Å². The molecule has 2 aromatic heterocycles. The van der Waals surface area contributed by atoms with E-state index in [9.17, 15) is 0 Å². The second-order valence-electron chi connectivity index (χ2n) is 3.60. The molecule has 0 spiro atoms. The molecular formula is C11H14N4S. The number of nitrogens with zero attached hydrogens (tertiary/aromatic N) is 1. The highest BCUT2D eigenvalue weighted by Crippen LogP contribution is 2.28. The van der Waals surface area contributed by atoms with Gasteiger partial charge < -0.3 is 5.73 Å². The fraction of sp³-hybridized carbons (Fsp3) is 0.182. The molecule has 0 bridgehead atoms. The van der Waals surface area contributed by atoms with E-state index in [1.807, 2.05) is 30.5 Å². The molecule has 1 unspecified atom stereocenters. The van der Waals surface area contributed by atoms with Crippen molar-refractivity contribution in [3.05, 3.63) is 45.8 Å². The van der Waals surface area contributed by atoms with E-state index in [2.05, 4.69) is 10.4 Å². The van der Waals surface area contributed by atoms with E-state index >= 15 is 0 Å². The Bertz CT molecular complexity index is 467. The molecular weight excluding hydrogens is 220 g/mol. The number of aromatic nitrogens is 1. The van der Waals surface area contributed by atoms with Crippen molar-refractivity contribution >= 4 is 17.2 Å². The largest absolute Gasteiger partial charge is 0.383 e. The van der Waals surface area contributed by atoms with E-state index in [-0.39, 0.29) is 6.04 Å². The molecule has 84 valence electrons. The van der Waals surface area contributed by atoms with Gasteiger partial charge in [0.2, 0.25) is 0 Å². The number of anilines is 1. The Kier molecular flexibility index (Phi) is 3.19. The van der Waals surface area contributed by atoms with Gasteiger partial charge in [0.25, 0.3) is 0 Å². The number of nitrogens with two attached hydrogens (primary N) is 2. The molecule has 0 aromatic carbocycles. The number of pyridine rings is 1. The van der Waals surface area contributed by atoms with E-state index in [1.54, 1.807) is 17.5 Å². The zero-order chi connectivity index (χ0) is 11.5. The van der Waals surface area contributed by atoms with Crippen LogP contribution in [-0.2, 0) is 0 Å². The number of nitrogen functional groups attached to an aromatic ring is 1. The van der Waals surface area contributed by atoms with E-state index in [0.29, 0.717) is 5.82 Å². The summed E-state index contributed by atoms with van der Waals surface area (Å²) in [5.41, 5.74) is 10.6. The third-order valence-electron chi connectivity index (χ3n) is 2.39. The summed E-state index contributed by atoms with van der Waals surface area (Å²) in [4.78, 5) is 5.27. The normalized spacial score (nSPS) is 12.6. The number of hydrogen-bond donors (Lipinski definition) is 3. The summed E-state index contributed by atoms with van der Waals surface area (Å²) in [5.74, 6) is 6.10. The molecule has 0 aliphatic rings. The Hall–Kier alpha value is -1.43. The molecule has 0 fully saturated rings. The van der Waals surface area contributed by atoms with Crippen molar-refractivity contribution in [3.63, 3.8) is 0 Å². The summed E-state index contributed by atoms with van der Waals surface area (Å²) in [6.07, 6.45) is 1.75. The van der Waals surface area contributed by atoms with Gasteiger partial charge >= 0.3 is 0 Å². The standard InChI is InChI=1S/C11H14N4S/c1-7-5-8(11(12)14-6-7)10(15-13)9-3-2-4-16-9/h2-6,10,15H,13H2,1H3,(H2,12,14). The molecule has 0 saturated heterocycles. The first kappa shape index (κ1) is 11.1. The molecule has 16 heavy (non-hydrogen) atoms. The highest BCUT2D eigenvalue weighted by Gasteiger charge is 2.16. The third kappa shape index (κ3) is 2.06. The molecule has 0 aliphatic carbocycles. The molecule has 2 rings (SSSR count). The van der Waals surface area contributed by atoms with Crippen molar-refractivity contribution in [2.24, 2.45) is 5.84 Å². The maximum absolute atomic E-state index is 5.87. The molecule has 2 aromatic rings. The summed E-state index contributed by atoms with van der Waals surface area (Å²) in [6, 6.07) is 5.93. The van der Waals surface area contributed by atoms with Crippen molar-refractivity contribution in [2.45, 2.75) is 13.0 Å². The van der Waals surface area contributed by atoms with Crippen LogP contribution in [0.4, 0.5) is 5.82 Å². The summed E-state index contributed by atoms with van der Waals surface area (Å²) in [6.45, 7) is 1.98. The molecule has 4 nitrogen and oxygen atoms in total. The number of aryl methyl sites for hydroxylation is 1. The van der Waals surface area contributed by atoms with Gasteiger partial charge in [-0.15, -0.1) is 11.3 Å². The number of rotatable bonds is 3. The minimum atomic E-state index is -0.0904. The average molecular weight is 234 g/mol. The Balaban J connectivity index is 2.44. The molecule has 5 heteroatoms. The van der Waals surface area contributed by atoms with Gasteiger partial charge in [0.1, 0.15) is 5.82 Å².